The highest BCUT2D eigenvalue weighted by Gasteiger charge is 2.20. The molecule has 0 N–H and O–H groups in total. The number of thioether (sulfide) groups is 2. The number of hydrogen-bond donors (Lipinski definition) is 0. The minimum atomic E-state index is -0.320. The SMILES string of the molecule is O=C(Sc1ccccn1)c1cccnc1C(=O)Sc1ccccn1. The highest BCUT2D eigenvalue weighted by Crippen LogP contribution is 2.26. The van der Waals surface area contributed by atoms with Crippen LogP contribution in [-0.2, 0) is 0 Å². The van der Waals surface area contributed by atoms with Gasteiger partial charge < -0.3 is 0 Å². The number of hydrogen-bond acceptors (Lipinski definition) is 7. The first-order valence-corrected chi connectivity index (χ1v) is 8.59. The fourth-order valence-corrected chi connectivity index (χ4v) is 3.28. The molecule has 7 heteroatoms. The van der Waals surface area contributed by atoms with Gasteiger partial charge in [-0.05, 0) is 59.9 Å². The van der Waals surface area contributed by atoms with Crippen LogP contribution in [0.3, 0.4) is 0 Å². The van der Waals surface area contributed by atoms with Crippen LogP contribution >= 0.6 is 23.5 Å². The molecule has 3 heterocycles. The molecule has 3 aromatic rings. The number of rotatable bonds is 4. The second-order valence-corrected chi connectivity index (χ2v) is 6.50. The van der Waals surface area contributed by atoms with Gasteiger partial charge in [0.2, 0.25) is 10.2 Å². The van der Waals surface area contributed by atoms with Gasteiger partial charge in [-0.15, -0.1) is 0 Å². The Morgan fingerprint density at radius 3 is 1.83 bits per heavy atom. The molecule has 3 aromatic heterocycles. The summed E-state index contributed by atoms with van der Waals surface area (Å²) in [5, 5.41) is 0.539. The first kappa shape index (κ1) is 16.4. The first-order valence-electron chi connectivity index (χ1n) is 6.95. The van der Waals surface area contributed by atoms with Gasteiger partial charge in [0.25, 0.3) is 0 Å². The van der Waals surface area contributed by atoms with Crippen molar-refractivity contribution in [3.05, 3.63) is 78.4 Å². The molecule has 0 spiro atoms. The van der Waals surface area contributed by atoms with Crippen LogP contribution in [0.4, 0.5) is 0 Å². The summed E-state index contributed by atoms with van der Waals surface area (Å²) >= 11 is 1.91. The highest BCUT2D eigenvalue weighted by molar-refractivity contribution is 8.14. The third-order valence-electron chi connectivity index (χ3n) is 2.89. The molecule has 0 aliphatic rings. The van der Waals surface area contributed by atoms with E-state index in [2.05, 4.69) is 15.0 Å². The normalized spacial score (nSPS) is 10.3. The van der Waals surface area contributed by atoms with Gasteiger partial charge in [0, 0.05) is 18.6 Å². The second kappa shape index (κ2) is 7.85. The van der Waals surface area contributed by atoms with Gasteiger partial charge >= 0.3 is 0 Å². The van der Waals surface area contributed by atoms with Crippen molar-refractivity contribution in [2.75, 3.05) is 0 Å². The van der Waals surface area contributed by atoms with E-state index in [0.717, 1.165) is 23.5 Å². The van der Waals surface area contributed by atoms with Gasteiger partial charge in [0.1, 0.15) is 15.7 Å². The number of nitrogens with zero attached hydrogens (tertiary/aromatic N) is 3. The Balaban J connectivity index is 1.82. The maximum Gasteiger partial charge on any atom is 0.244 e. The third-order valence-corrected chi connectivity index (χ3v) is 4.58. The number of aromatic nitrogens is 3. The number of pyridine rings is 3. The average Bonchev–Trinajstić information content (AvgIpc) is 2.63. The lowest BCUT2D eigenvalue weighted by molar-refractivity contribution is 0.105. The third kappa shape index (κ3) is 4.06. The molecular weight excluding hydrogens is 342 g/mol. The molecule has 0 radical (unpaired) electrons. The summed E-state index contributed by atoms with van der Waals surface area (Å²) < 4.78 is 0. The van der Waals surface area contributed by atoms with Crippen molar-refractivity contribution in [1.29, 1.82) is 0 Å². The molecule has 0 aliphatic heterocycles. The molecular formula is C17H11N3O2S2. The predicted molar refractivity (Wildman–Crippen MR) is 93.1 cm³/mol. The summed E-state index contributed by atoms with van der Waals surface area (Å²) in [7, 11) is 0. The van der Waals surface area contributed by atoms with E-state index in [0.29, 0.717) is 10.1 Å². The lowest BCUT2D eigenvalue weighted by Crippen LogP contribution is -2.07. The van der Waals surface area contributed by atoms with Crippen LogP contribution in [0, 0.1) is 0 Å². The Morgan fingerprint density at radius 2 is 1.25 bits per heavy atom. The lowest BCUT2D eigenvalue weighted by Gasteiger charge is -2.05. The van der Waals surface area contributed by atoms with Crippen LogP contribution < -0.4 is 0 Å². The van der Waals surface area contributed by atoms with Gasteiger partial charge in [0.15, 0.2) is 0 Å². The van der Waals surface area contributed by atoms with Crippen molar-refractivity contribution in [3.8, 4) is 0 Å². The first-order chi connectivity index (χ1) is 11.7. The molecule has 0 fully saturated rings. The fourth-order valence-electron chi connectivity index (χ4n) is 1.84. The summed E-state index contributed by atoms with van der Waals surface area (Å²) in [5.74, 6) is 0. The molecule has 0 atom stereocenters. The predicted octanol–water partition coefficient (Wildman–Crippen LogP) is 3.74. The Bertz CT molecular complexity index is 785. The lowest BCUT2D eigenvalue weighted by atomic mass is 10.2. The van der Waals surface area contributed by atoms with Gasteiger partial charge in [-0.25, -0.2) is 9.97 Å². The Morgan fingerprint density at radius 1 is 0.667 bits per heavy atom. The quantitative estimate of drug-likeness (QED) is 0.662. The topological polar surface area (TPSA) is 72.8 Å². The molecule has 0 aromatic carbocycles. The van der Waals surface area contributed by atoms with E-state index in [1.807, 2.05) is 0 Å². The van der Waals surface area contributed by atoms with Gasteiger partial charge in [-0.3, -0.25) is 14.6 Å². The van der Waals surface area contributed by atoms with Crippen molar-refractivity contribution < 1.29 is 9.59 Å². The van der Waals surface area contributed by atoms with Gasteiger partial charge in [-0.1, -0.05) is 12.1 Å². The van der Waals surface area contributed by atoms with Crippen LogP contribution in [0.15, 0.2) is 77.2 Å². The average molecular weight is 353 g/mol. The largest absolute Gasteiger partial charge is 0.281 e. The maximum absolute atomic E-state index is 12.5. The van der Waals surface area contributed by atoms with Crippen LogP contribution in [0.1, 0.15) is 20.8 Å². The number of carbonyl (C=O) groups excluding carboxylic acids is 2. The van der Waals surface area contributed by atoms with Crippen molar-refractivity contribution in [2.24, 2.45) is 0 Å². The Hall–Kier alpha value is -2.51. The van der Waals surface area contributed by atoms with Crippen LogP contribution in [0.5, 0.6) is 0 Å². The van der Waals surface area contributed by atoms with E-state index < -0.39 is 0 Å². The molecule has 0 bridgehead atoms. The summed E-state index contributed by atoms with van der Waals surface area (Å²) in [6, 6.07) is 13.8. The Labute approximate surface area is 147 Å². The van der Waals surface area contributed by atoms with E-state index in [1.165, 1.54) is 6.20 Å². The minimum Gasteiger partial charge on any atom is -0.281 e. The van der Waals surface area contributed by atoms with Crippen molar-refractivity contribution in [2.45, 2.75) is 10.1 Å². The molecule has 24 heavy (non-hydrogen) atoms. The monoisotopic (exact) mass is 353 g/mol. The smallest absolute Gasteiger partial charge is 0.244 e. The molecule has 0 amide bonds. The molecule has 0 unspecified atom stereocenters. The van der Waals surface area contributed by atoms with Gasteiger partial charge in [0.05, 0.1) is 5.56 Å². The van der Waals surface area contributed by atoms with Crippen molar-refractivity contribution in [1.82, 2.24) is 15.0 Å². The van der Waals surface area contributed by atoms with E-state index >= 15 is 0 Å². The summed E-state index contributed by atoms with van der Waals surface area (Å²) in [4.78, 5) is 37.3. The van der Waals surface area contributed by atoms with Crippen molar-refractivity contribution in [3.63, 3.8) is 0 Å². The van der Waals surface area contributed by atoms with Crippen LogP contribution in [-0.4, -0.2) is 25.2 Å². The maximum atomic E-state index is 12.5. The van der Waals surface area contributed by atoms with E-state index in [1.54, 1.807) is 60.9 Å². The van der Waals surface area contributed by atoms with E-state index in [-0.39, 0.29) is 21.5 Å². The fraction of sp³-hybridized carbons (Fsp3) is 0. The molecule has 118 valence electrons. The zero-order valence-electron chi connectivity index (χ0n) is 12.3. The van der Waals surface area contributed by atoms with E-state index in [4.69, 9.17) is 0 Å². The Kier molecular flexibility index (Phi) is 5.35. The standard InChI is InChI=1S/C17H11N3O2S2/c21-16(23-13-7-1-3-9-18-13)12-6-5-11-20-15(12)17(22)24-14-8-2-4-10-19-14/h1-11H. The van der Waals surface area contributed by atoms with Crippen LogP contribution in [0.25, 0.3) is 0 Å². The minimum absolute atomic E-state index is 0.126. The molecule has 0 aliphatic carbocycles. The zero-order chi connectivity index (χ0) is 16.8. The summed E-state index contributed by atoms with van der Waals surface area (Å²) in [6.45, 7) is 0. The van der Waals surface area contributed by atoms with E-state index in [9.17, 15) is 9.59 Å². The van der Waals surface area contributed by atoms with Gasteiger partial charge in [-0.2, -0.15) is 0 Å². The highest BCUT2D eigenvalue weighted by atomic mass is 32.2. The molecule has 0 saturated carbocycles. The molecule has 0 saturated heterocycles. The summed E-state index contributed by atoms with van der Waals surface area (Å²) in [5.41, 5.74) is 0.392. The summed E-state index contributed by atoms with van der Waals surface area (Å²) in [6.07, 6.45) is 4.72. The molecule has 3 rings (SSSR count). The number of carbonyl (C=O) groups is 2. The van der Waals surface area contributed by atoms with Crippen LogP contribution in [0.2, 0.25) is 0 Å². The second-order valence-electron chi connectivity index (χ2n) is 4.51. The zero-order valence-corrected chi connectivity index (χ0v) is 14.0. The molecule has 5 nitrogen and oxygen atoms in total. The van der Waals surface area contributed by atoms with Crippen molar-refractivity contribution >= 4 is 33.8 Å².